The van der Waals surface area contributed by atoms with Crippen molar-refractivity contribution in [3.05, 3.63) is 79.3 Å². The lowest BCUT2D eigenvalue weighted by molar-refractivity contribution is -0.274. The number of rotatable bonds is 13. The molecule has 0 spiro atoms. The van der Waals surface area contributed by atoms with E-state index in [2.05, 4.69) is 36.9 Å². The second-order valence-electron chi connectivity index (χ2n) is 8.38. The van der Waals surface area contributed by atoms with Gasteiger partial charge in [0.05, 0.1) is 29.8 Å². The summed E-state index contributed by atoms with van der Waals surface area (Å²) in [5.41, 5.74) is 2.87. The van der Waals surface area contributed by atoms with Gasteiger partial charge in [-0.2, -0.15) is 9.82 Å². The minimum atomic E-state index is -4.80. The molecule has 10 nitrogen and oxygen atoms in total. The summed E-state index contributed by atoms with van der Waals surface area (Å²) in [4.78, 5) is 0.0334. The summed E-state index contributed by atoms with van der Waals surface area (Å²) in [6.45, 7) is 4.23. The summed E-state index contributed by atoms with van der Waals surface area (Å²) in [7, 11) is -2.36. The summed E-state index contributed by atoms with van der Waals surface area (Å²) in [6.07, 6.45) is -3.19. The minimum absolute atomic E-state index is 0.0334. The molecule has 4 rings (SSSR count). The number of halogens is 3. The molecule has 0 atom stereocenters. The number of H-pyrrole nitrogens is 1. The first-order valence-corrected chi connectivity index (χ1v) is 13.2. The second kappa shape index (κ2) is 12.4. The van der Waals surface area contributed by atoms with Crippen LogP contribution < -0.4 is 20.1 Å². The third-order valence-electron chi connectivity index (χ3n) is 5.48. The van der Waals surface area contributed by atoms with Crippen molar-refractivity contribution in [2.45, 2.75) is 11.3 Å². The normalized spacial score (nSPS) is 11.9. The number of nitrogens with zero attached hydrogens (tertiary/aromatic N) is 1. The lowest BCUT2D eigenvalue weighted by atomic mass is 10.0. The summed E-state index contributed by atoms with van der Waals surface area (Å²) in [6, 6.07) is 15.5. The molecular formula is C26H26F3N5O5S. The third-order valence-corrected chi connectivity index (χ3v) is 6.83. The predicted octanol–water partition coefficient (Wildman–Crippen LogP) is 5.02. The van der Waals surface area contributed by atoms with Crippen molar-refractivity contribution in [2.75, 3.05) is 37.7 Å². The number of hydrogen-bond donors (Lipinski definition) is 4. The number of ether oxygens (including phenoxy) is 3. The summed E-state index contributed by atoms with van der Waals surface area (Å²) < 4.78 is 79.7. The van der Waals surface area contributed by atoms with Gasteiger partial charge in [-0.1, -0.05) is 24.8 Å². The molecule has 0 radical (unpaired) electrons. The van der Waals surface area contributed by atoms with Crippen LogP contribution in [-0.4, -0.2) is 52.0 Å². The number of hydrogen-bond acceptors (Lipinski definition) is 8. The van der Waals surface area contributed by atoms with E-state index in [4.69, 9.17) is 9.47 Å². The fourth-order valence-corrected chi connectivity index (χ4v) is 4.67. The van der Waals surface area contributed by atoms with Crippen LogP contribution in [0.3, 0.4) is 0 Å². The van der Waals surface area contributed by atoms with Crippen LogP contribution >= 0.6 is 0 Å². The van der Waals surface area contributed by atoms with Crippen LogP contribution in [0.15, 0.2) is 84.2 Å². The number of benzene rings is 3. The molecule has 4 N–H and O–H groups in total. The highest BCUT2D eigenvalue weighted by atomic mass is 32.2. The Kier molecular flexibility index (Phi) is 8.94. The van der Waals surface area contributed by atoms with Crippen LogP contribution in [0.1, 0.15) is 0 Å². The molecule has 0 aliphatic carbocycles. The van der Waals surface area contributed by atoms with Crippen molar-refractivity contribution >= 4 is 32.3 Å². The zero-order valence-corrected chi connectivity index (χ0v) is 22.0. The Morgan fingerprint density at radius 2 is 1.77 bits per heavy atom. The Morgan fingerprint density at radius 1 is 1.02 bits per heavy atom. The zero-order chi connectivity index (χ0) is 28.8. The van der Waals surface area contributed by atoms with Gasteiger partial charge in [0.2, 0.25) is 10.0 Å². The first-order chi connectivity index (χ1) is 19.0. The van der Waals surface area contributed by atoms with Crippen molar-refractivity contribution in [3.63, 3.8) is 0 Å². The monoisotopic (exact) mass is 577 g/mol. The van der Waals surface area contributed by atoms with E-state index in [-0.39, 0.29) is 24.0 Å². The van der Waals surface area contributed by atoms with Gasteiger partial charge in [0.1, 0.15) is 18.3 Å². The number of anilines is 2. The Balaban J connectivity index is 1.47. The van der Waals surface area contributed by atoms with E-state index in [1.165, 1.54) is 31.4 Å². The fourth-order valence-electron chi connectivity index (χ4n) is 3.72. The molecule has 0 fully saturated rings. The highest BCUT2D eigenvalue weighted by Crippen LogP contribution is 2.32. The molecule has 0 saturated carbocycles. The number of aromatic nitrogens is 2. The van der Waals surface area contributed by atoms with Crippen LogP contribution in [0, 0.1) is 0 Å². The number of nitrogens with one attached hydrogen (secondary N) is 4. The Hall–Kier alpha value is -4.11. The molecule has 3 aromatic carbocycles. The summed E-state index contributed by atoms with van der Waals surface area (Å²) >= 11 is 0. The fraction of sp³-hybridized carbons (Fsp3) is 0.192. The van der Waals surface area contributed by atoms with Crippen molar-refractivity contribution in [1.29, 1.82) is 0 Å². The first-order valence-electron chi connectivity index (χ1n) is 11.8. The van der Waals surface area contributed by atoms with E-state index in [9.17, 15) is 21.6 Å². The van der Waals surface area contributed by atoms with Gasteiger partial charge >= 0.3 is 6.36 Å². The molecular weight excluding hydrogens is 551 g/mol. The van der Waals surface area contributed by atoms with E-state index < -0.39 is 16.4 Å². The first kappa shape index (κ1) is 28.9. The van der Waals surface area contributed by atoms with E-state index >= 15 is 0 Å². The molecule has 4 aromatic rings. The molecule has 40 heavy (non-hydrogen) atoms. The highest BCUT2D eigenvalue weighted by Gasteiger charge is 2.31. The van der Waals surface area contributed by atoms with Crippen molar-refractivity contribution in [3.8, 4) is 16.9 Å². The number of aromatic amines is 1. The van der Waals surface area contributed by atoms with Gasteiger partial charge in [-0.05, 0) is 47.5 Å². The maximum atomic E-state index is 12.9. The van der Waals surface area contributed by atoms with Gasteiger partial charge in [0, 0.05) is 29.9 Å². The number of alkyl halides is 3. The quantitative estimate of drug-likeness (QED) is 0.129. The molecule has 0 saturated heterocycles. The smallest absolute Gasteiger partial charge is 0.406 e. The molecule has 0 unspecified atom stereocenters. The third kappa shape index (κ3) is 7.72. The van der Waals surface area contributed by atoms with Crippen LogP contribution in [-0.2, 0) is 19.5 Å². The second-order valence-corrected chi connectivity index (χ2v) is 10.1. The van der Waals surface area contributed by atoms with Crippen molar-refractivity contribution in [2.24, 2.45) is 0 Å². The topological polar surface area (TPSA) is 127 Å². The average Bonchev–Trinajstić information content (AvgIpc) is 3.37. The Bertz CT molecular complexity index is 1570. The largest absolute Gasteiger partial charge is 0.573 e. The van der Waals surface area contributed by atoms with Gasteiger partial charge in [-0.15, -0.1) is 13.2 Å². The van der Waals surface area contributed by atoms with Gasteiger partial charge < -0.3 is 24.8 Å². The molecule has 1 aromatic heterocycles. The number of fused-ring (bicyclic) bond motifs is 1. The number of sulfonamides is 1. The maximum Gasteiger partial charge on any atom is 0.573 e. The molecule has 0 amide bonds. The van der Waals surface area contributed by atoms with E-state index in [0.29, 0.717) is 34.9 Å². The molecule has 0 aliphatic rings. The highest BCUT2D eigenvalue weighted by molar-refractivity contribution is 7.89. The SMILES string of the molecule is C=C(Nc1ccc(-c2cc(S(=O)(=O)NCOCCOC)cc3[nH]ncc23)cc1)Nc1cccc(OC(F)(F)F)c1. The van der Waals surface area contributed by atoms with Crippen molar-refractivity contribution < 1.29 is 35.8 Å². The zero-order valence-electron chi connectivity index (χ0n) is 21.2. The van der Waals surface area contributed by atoms with Crippen LogP contribution in [0.4, 0.5) is 24.5 Å². The minimum Gasteiger partial charge on any atom is -0.406 e. The molecule has 0 aliphatic heterocycles. The lowest BCUT2D eigenvalue weighted by Gasteiger charge is -2.15. The van der Waals surface area contributed by atoms with Gasteiger partial charge in [-0.3, -0.25) is 5.10 Å². The standard InChI is InChI=1S/C26H26F3N5O5S/c1-17(33-20-4-3-5-21(12-20)39-26(27,28)29)32-19-8-6-18(7-9-19)23-13-22(14-25-24(23)15-30-34-25)40(35,36)31-16-38-11-10-37-2/h3-9,12-15,31-33H,1,10-11,16H2,2H3,(H,30,34). The molecule has 1 heterocycles. The summed E-state index contributed by atoms with van der Waals surface area (Å²) in [5, 5.41) is 13.5. The van der Waals surface area contributed by atoms with E-state index in [0.717, 1.165) is 10.9 Å². The van der Waals surface area contributed by atoms with Gasteiger partial charge in [0.15, 0.2) is 0 Å². The maximum absolute atomic E-state index is 12.9. The molecule has 0 bridgehead atoms. The summed E-state index contributed by atoms with van der Waals surface area (Å²) in [5.74, 6) is -0.0562. The van der Waals surface area contributed by atoms with E-state index in [1.54, 1.807) is 42.6 Å². The number of methoxy groups -OCH3 is 1. The Labute approximate surface area is 228 Å². The lowest BCUT2D eigenvalue weighted by Crippen LogP contribution is -2.27. The van der Waals surface area contributed by atoms with E-state index in [1.807, 2.05) is 0 Å². The van der Waals surface area contributed by atoms with Crippen LogP contribution in [0.25, 0.3) is 22.0 Å². The van der Waals surface area contributed by atoms with Crippen LogP contribution in [0.2, 0.25) is 0 Å². The Morgan fingerprint density at radius 3 is 2.50 bits per heavy atom. The van der Waals surface area contributed by atoms with Crippen LogP contribution in [0.5, 0.6) is 5.75 Å². The molecule has 212 valence electrons. The molecule has 14 heteroatoms. The van der Waals surface area contributed by atoms with Gasteiger partial charge in [0.25, 0.3) is 0 Å². The van der Waals surface area contributed by atoms with Crippen molar-refractivity contribution in [1.82, 2.24) is 14.9 Å². The predicted molar refractivity (Wildman–Crippen MR) is 144 cm³/mol. The average molecular weight is 578 g/mol. The van der Waals surface area contributed by atoms with Gasteiger partial charge in [-0.25, -0.2) is 8.42 Å².